The first kappa shape index (κ1) is 25.9. The van der Waals surface area contributed by atoms with Crippen molar-refractivity contribution in [2.75, 3.05) is 0 Å². The van der Waals surface area contributed by atoms with E-state index in [0.29, 0.717) is 0 Å². The number of benzene rings is 4. The van der Waals surface area contributed by atoms with Crippen molar-refractivity contribution < 1.29 is 0 Å². The summed E-state index contributed by atoms with van der Waals surface area (Å²) in [5, 5.41) is 1.23. The van der Waals surface area contributed by atoms with E-state index in [9.17, 15) is 0 Å². The predicted octanol–water partition coefficient (Wildman–Crippen LogP) is 9.44. The minimum atomic E-state index is 0.166. The molecule has 3 aliphatic carbocycles. The number of hydrogen-bond acceptors (Lipinski definition) is 3. The van der Waals surface area contributed by atoms with Crippen molar-refractivity contribution in [2.45, 2.75) is 43.9 Å². The molecule has 0 N–H and O–H groups in total. The van der Waals surface area contributed by atoms with Gasteiger partial charge in [-0.05, 0) is 64.8 Å². The molecule has 2 nitrogen and oxygen atoms in total. The quantitative estimate of drug-likeness (QED) is 0.207. The fourth-order valence-corrected chi connectivity index (χ4v) is 8.98. The van der Waals surface area contributed by atoms with Crippen molar-refractivity contribution in [3.63, 3.8) is 0 Å². The van der Waals surface area contributed by atoms with Gasteiger partial charge in [0.2, 0.25) is 0 Å². The van der Waals surface area contributed by atoms with E-state index in [1.54, 1.807) is 16.9 Å². The molecule has 212 valence electrons. The molecule has 3 aliphatic rings. The molecule has 0 aliphatic heterocycles. The highest BCUT2D eigenvalue weighted by Crippen LogP contribution is 2.56. The number of nitrogens with zero attached hydrogens (tertiary/aromatic N) is 2. The van der Waals surface area contributed by atoms with Crippen LogP contribution >= 0.6 is 11.3 Å². The molecule has 9 rings (SSSR count). The average molecular weight is 585 g/mol. The van der Waals surface area contributed by atoms with Crippen LogP contribution in [0, 0.1) is 0 Å². The van der Waals surface area contributed by atoms with Crippen LogP contribution in [0.3, 0.4) is 0 Å². The van der Waals surface area contributed by atoms with E-state index in [0.717, 1.165) is 39.3 Å². The van der Waals surface area contributed by atoms with Gasteiger partial charge in [0.15, 0.2) is 5.82 Å². The first-order valence-corrected chi connectivity index (χ1v) is 16.7. The van der Waals surface area contributed by atoms with Crippen molar-refractivity contribution in [1.82, 2.24) is 9.97 Å². The summed E-state index contributed by atoms with van der Waals surface area (Å²) in [6.45, 7) is 0. The summed E-state index contributed by atoms with van der Waals surface area (Å²) < 4.78 is 2.40. The van der Waals surface area contributed by atoms with Crippen LogP contribution < -0.4 is 9.75 Å². The van der Waals surface area contributed by atoms with Gasteiger partial charge in [-0.15, -0.1) is 11.3 Å². The third-order valence-electron chi connectivity index (χ3n) is 9.94. The molecule has 0 amide bonds. The summed E-state index contributed by atoms with van der Waals surface area (Å²) >= 11 is 1.79. The molecule has 44 heavy (non-hydrogen) atoms. The predicted molar refractivity (Wildman–Crippen MR) is 185 cm³/mol. The monoisotopic (exact) mass is 584 g/mol. The third-order valence-corrected chi connectivity index (χ3v) is 11.1. The van der Waals surface area contributed by atoms with E-state index in [4.69, 9.17) is 9.97 Å². The lowest BCUT2D eigenvalue weighted by molar-refractivity contribution is 0.353. The zero-order chi connectivity index (χ0) is 29.1. The third kappa shape index (κ3) is 3.99. The molecule has 0 bridgehead atoms. The molecular weight excluding hydrogens is 553 g/mol. The molecule has 6 aromatic rings. The van der Waals surface area contributed by atoms with E-state index in [1.807, 2.05) is 0 Å². The second-order valence-corrected chi connectivity index (χ2v) is 13.4. The minimum Gasteiger partial charge on any atom is -0.226 e. The first-order valence-electron chi connectivity index (χ1n) is 15.9. The van der Waals surface area contributed by atoms with Gasteiger partial charge in [0.25, 0.3) is 0 Å². The summed E-state index contributed by atoms with van der Waals surface area (Å²) in [5.74, 6) is 0.777. The Labute approximate surface area is 261 Å². The molecular formula is C41H32N2S. The SMILES string of the molecule is C1=CCC=c2c(sc3c(-c4ccccc4)nc(-c4ccc(-c5ccc6c(c5)C5(CCCCC5)c5ccccc5-6)cc4)nc23)=C1. The summed E-state index contributed by atoms with van der Waals surface area (Å²) in [6.07, 6.45) is 16.2. The van der Waals surface area contributed by atoms with Gasteiger partial charge in [0.1, 0.15) is 0 Å². The number of allylic oxidation sites excluding steroid dienone is 2. The van der Waals surface area contributed by atoms with Gasteiger partial charge >= 0.3 is 0 Å². The zero-order valence-electron chi connectivity index (χ0n) is 24.6. The van der Waals surface area contributed by atoms with Crippen molar-refractivity contribution in [3.8, 4) is 44.9 Å². The Morgan fingerprint density at radius 1 is 0.636 bits per heavy atom. The number of hydrogen-bond donors (Lipinski definition) is 0. The van der Waals surface area contributed by atoms with E-state index in [1.165, 1.54) is 69.7 Å². The first-order chi connectivity index (χ1) is 21.8. The molecule has 0 atom stereocenters. The summed E-state index contributed by atoms with van der Waals surface area (Å²) in [7, 11) is 0. The lowest BCUT2D eigenvalue weighted by atomic mass is 9.67. The molecule has 0 unspecified atom stereocenters. The van der Waals surface area contributed by atoms with Crippen molar-refractivity contribution in [3.05, 3.63) is 130 Å². The molecule has 1 fully saturated rings. The van der Waals surface area contributed by atoms with Gasteiger partial charge < -0.3 is 0 Å². The van der Waals surface area contributed by atoms with Gasteiger partial charge in [-0.1, -0.05) is 128 Å². The molecule has 1 spiro atoms. The van der Waals surface area contributed by atoms with Crippen LogP contribution in [0.2, 0.25) is 0 Å². The van der Waals surface area contributed by atoms with Gasteiger partial charge in [-0.3, -0.25) is 0 Å². The van der Waals surface area contributed by atoms with E-state index >= 15 is 0 Å². The van der Waals surface area contributed by atoms with Crippen LogP contribution in [-0.2, 0) is 5.41 Å². The highest BCUT2D eigenvalue weighted by atomic mass is 32.1. The molecule has 0 saturated heterocycles. The molecule has 2 heterocycles. The van der Waals surface area contributed by atoms with Gasteiger partial charge in [0.05, 0.1) is 15.9 Å². The molecule has 4 aromatic carbocycles. The fraction of sp³-hybridized carbons (Fsp3) is 0.171. The second-order valence-electron chi connectivity index (χ2n) is 12.4. The van der Waals surface area contributed by atoms with Crippen LogP contribution in [0.1, 0.15) is 49.7 Å². The van der Waals surface area contributed by atoms with Crippen LogP contribution in [0.25, 0.3) is 67.3 Å². The zero-order valence-corrected chi connectivity index (χ0v) is 25.4. The number of aromatic nitrogens is 2. The van der Waals surface area contributed by atoms with Gasteiger partial charge in [-0.25, -0.2) is 9.97 Å². The molecule has 3 heteroatoms. The topological polar surface area (TPSA) is 25.8 Å². The standard InChI is InChI=1S/C41H32N2S/c1-4-12-28(13-5-1)37-39-38(33-15-6-2-7-17-36(33)44-39)43-40(42-37)29-20-18-27(19-21-29)30-22-23-32-31-14-8-9-16-34(31)41(35(32)26-30)24-10-3-11-25-41/h1-2,4-5,7-9,12-23,26H,3,6,10-11,24-25H2. The summed E-state index contributed by atoms with van der Waals surface area (Å²) in [4.78, 5) is 10.4. The Kier molecular flexibility index (Phi) is 6.02. The Morgan fingerprint density at radius 2 is 1.39 bits per heavy atom. The Bertz CT molecular complexity index is 2220. The maximum atomic E-state index is 5.20. The van der Waals surface area contributed by atoms with Crippen LogP contribution in [0.4, 0.5) is 0 Å². The highest BCUT2D eigenvalue weighted by molar-refractivity contribution is 7.17. The summed E-state index contributed by atoms with van der Waals surface area (Å²) in [6, 6.07) is 35.7. The summed E-state index contributed by atoms with van der Waals surface area (Å²) in [5.41, 5.74) is 12.9. The number of fused-ring (bicyclic) bond motifs is 8. The Hall–Kier alpha value is -4.60. The lowest BCUT2D eigenvalue weighted by Crippen LogP contribution is -2.28. The fourth-order valence-electron chi connectivity index (χ4n) is 7.81. The Morgan fingerprint density at radius 3 is 2.25 bits per heavy atom. The molecule has 2 aromatic heterocycles. The van der Waals surface area contributed by atoms with Crippen molar-refractivity contribution in [2.24, 2.45) is 0 Å². The largest absolute Gasteiger partial charge is 0.226 e. The van der Waals surface area contributed by atoms with Gasteiger partial charge in [-0.2, -0.15) is 0 Å². The minimum absolute atomic E-state index is 0.166. The second kappa shape index (κ2) is 10.2. The lowest BCUT2D eigenvalue weighted by Gasteiger charge is -2.36. The maximum absolute atomic E-state index is 5.20. The van der Waals surface area contributed by atoms with Gasteiger partial charge in [0, 0.05) is 26.3 Å². The number of thiophene rings is 1. The average Bonchev–Trinajstić information content (AvgIpc) is 3.45. The highest BCUT2D eigenvalue weighted by Gasteiger charge is 2.43. The maximum Gasteiger partial charge on any atom is 0.160 e. The van der Waals surface area contributed by atoms with Crippen molar-refractivity contribution in [1.29, 1.82) is 0 Å². The smallest absolute Gasteiger partial charge is 0.160 e. The van der Waals surface area contributed by atoms with Crippen molar-refractivity contribution >= 4 is 33.7 Å². The molecule has 0 radical (unpaired) electrons. The van der Waals surface area contributed by atoms with E-state index in [2.05, 4.69) is 121 Å². The number of rotatable bonds is 3. The van der Waals surface area contributed by atoms with E-state index < -0.39 is 0 Å². The normalized spacial score (nSPS) is 16.1. The van der Waals surface area contributed by atoms with Crippen LogP contribution in [0.15, 0.2) is 109 Å². The molecule has 1 saturated carbocycles. The Balaban J connectivity index is 1.15. The van der Waals surface area contributed by atoms with E-state index in [-0.39, 0.29) is 5.41 Å². The van der Waals surface area contributed by atoms with Crippen LogP contribution in [-0.4, -0.2) is 9.97 Å². The van der Waals surface area contributed by atoms with Crippen LogP contribution in [0.5, 0.6) is 0 Å².